The number of benzene rings is 3. The number of aromatic nitrogens is 1. The quantitative estimate of drug-likeness (QED) is 0.0733. The molecule has 0 bridgehead atoms. The van der Waals surface area contributed by atoms with Crippen molar-refractivity contribution < 1.29 is 39.5 Å². The summed E-state index contributed by atoms with van der Waals surface area (Å²) in [4.78, 5) is 2.64. The van der Waals surface area contributed by atoms with Crippen molar-refractivity contribution in [3.63, 3.8) is 0 Å². The molecule has 1 N–H and O–H groups in total. The molecule has 46 heavy (non-hydrogen) atoms. The number of aryl methyl sites for hydroxylation is 1. The molecule has 0 spiro atoms. The van der Waals surface area contributed by atoms with Gasteiger partial charge >= 0.3 is 18.2 Å². The second-order valence-corrected chi connectivity index (χ2v) is 13.4. The van der Waals surface area contributed by atoms with Crippen molar-refractivity contribution in [2.75, 3.05) is 29.1 Å². The minimum Gasteiger partial charge on any atom is -0.398 e. The van der Waals surface area contributed by atoms with Crippen molar-refractivity contribution in [1.82, 2.24) is 0 Å². The molecule has 5 rings (SSSR count). The summed E-state index contributed by atoms with van der Waals surface area (Å²) in [6, 6.07) is 18.2. The van der Waals surface area contributed by atoms with E-state index in [1.807, 2.05) is 53.1 Å². The molecule has 0 aliphatic carbocycles. The number of nitrogens with zero attached hydrogens (tertiary/aromatic N) is 3. The van der Waals surface area contributed by atoms with Gasteiger partial charge in [-0.15, -0.1) is 0 Å². The van der Waals surface area contributed by atoms with Crippen molar-refractivity contribution in [2.24, 2.45) is 0 Å². The summed E-state index contributed by atoms with van der Waals surface area (Å²) in [5.74, 6) is -4.15. The first-order valence-electron chi connectivity index (χ1n) is 14.2. The van der Waals surface area contributed by atoms with Crippen molar-refractivity contribution in [2.45, 2.75) is 38.7 Å². The third-order valence-electron chi connectivity index (χ3n) is 7.56. The van der Waals surface area contributed by atoms with Crippen LogP contribution in [0.3, 0.4) is 0 Å². The fraction of sp³-hybridized carbons (Fsp3) is 0.281. The van der Waals surface area contributed by atoms with E-state index in [-0.39, 0.29) is 28.0 Å². The lowest BCUT2D eigenvalue weighted by Gasteiger charge is -2.27. The van der Waals surface area contributed by atoms with Crippen LogP contribution in [0.2, 0.25) is 10.0 Å². The van der Waals surface area contributed by atoms with Gasteiger partial charge in [-0.3, -0.25) is 4.55 Å². The molecule has 0 unspecified atom stereocenters. The number of unbranched alkanes of at least 4 members (excludes halogenated alkanes) is 1. The molecule has 3 aromatic carbocycles. The van der Waals surface area contributed by atoms with E-state index in [9.17, 15) is 30.5 Å². The Morgan fingerprint density at radius 3 is 2.35 bits per heavy atom. The molecule has 14 heteroatoms. The van der Waals surface area contributed by atoms with Crippen LogP contribution in [0.1, 0.15) is 25.7 Å². The van der Waals surface area contributed by atoms with Crippen LogP contribution in [0.15, 0.2) is 82.6 Å². The number of hydrogen-bond acceptors (Lipinski definition) is 5. The highest BCUT2D eigenvalue weighted by molar-refractivity contribution is 7.85. The fourth-order valence-electron chi connectivity index (χ4n) is 5.30. The summed E-state index contributed by atoms with van der Waals surface area (Å²) < 4.78 is 95.2. The van der Waals surface area contributed by atoms with E-state index < -0.39 is 34.8 Å². The zero-order valence-corrected chi connectivity index (χ0v) is 27.1. The van der Waals surface area contributed by atoms with Gasteiger partial charge in [-0.25, -0.2) is 8.78 Å². The van der Waals surface area contributed by atoms with E-state index in [2.05, 4.69) is 0 Å². The number of rotatable bonds is 11. The van der Waals surface area contributed by atoms with E-state index in [1.54, 1.807) is 31.0 Å². The first kappa shape index (κ1) is 33.8. The van der Waals surface area contributed by atoms with Gasteiger partial charge in [-0.05, 0) is 54.3 Å². The summed E-state index contributed by atoms with van der Waals surface area (Å²) in [5, 5.41) is 0.258. The zero-order valence-electron chi connectivity index (χ0n) is 24.7. The summed E-state index contributed by atoms with van der Waals surface area (Å²) in [6.07, 6.45) is -0.0538. The molecule has 4 aromatic rings. The average molecular weight is 700 g/mol. The molecule has 0 atom stereocenters. The first-order valence-corrected chi connectivity index (χ1v) is 16.5. The van der Waals surface area contributed by atoms with Crippen LogP contribution in [0.25, 0.3) is 28.3 Å². The molecular weight excluding hydrogens is 669 g/mol. The maximum Gasteiger partial charge on any atom is 0.374 e. The number of alkyl halides is 4. The summed E-state index contributed by atoms with van der Waals surface area (Å²) in [6.45, 7) is 0.740. The number of oxazole rings is 1. The smallest absolute Gasteiger partial charge is 0.374 e. The van der Waals surface area contributed by atoms with E-state index in [1.165, 1.54) is 12.1 Å². The maximum atomic E-state index is 14.4. The van der Waals surface area contributed by atoms with E-state index in [0.717, 1.165) is 21.5 Å². The van der Waals surface area contributed by atoms with Gasteiger partial charge in [-0.1, -0.05) is 59.6 Å². The van der Waals surface area contributed by atoms with E-state index in [0.29, 0.717) is 35.7 Å². The number of halogens is 6. The van der Waals surface area contributed by atoms with Crippen molar-refractivity contribution in [3.8, 4) is 11.1 Å². The SMILES string of the molecule is CC(=Cc1oc2ccc(-c3ccccc3)cc2[n+]1CCCCS(=O)(=O)O)C=C1N(C)c2cc(Cl)c(Cl)cc2N1CC(F)(F)C(F)F. The zero-order chi connectivity index (χ0) is 33.4. The van der Waals surface area contributed by atoms with Gasteiger partial charge in [0.25, 0.3) is 15.6 Å². The largest absolute Gasteiger partial charge is 0.398 e. The fourth-order valence-corrected chi connectivity index (χ4v) is 6.19. The molecule has 0 saturated carbocycles. The van der Waals surface area contributed by atoms with Gasteiger partial charge in [0.1, 0.15) is 5.82 Å². The van der Waals surface area contributed by atoms with E-state index in [4.69, 9.17) is 27.6 Å². The van der Waals surface area contributed by atoms with Gasteiger partial charge in [-0.2, -0.15) is 21.8 Å². The summed E-state index contributed by atoms with van der Waals surface area (Å²) >= 11 is 12.4. The third kappa shape index (κ3) is 7.35. The lowest BCUT2D eigenvalue weighted by Crippen LogP contribution is -2.41. The molecule has 7 nitrogen and oxygen atoms in total. The lowest BCUT2D eigenvalue weighted by atomic mass is 10.1. The normalized spacial score (nSPS) is 15.1. The van der Waals surface area contributed by atoms with Crippen LogP contribution >= 0.6 is 23.2 Å². The van der Waals surface area contributed by atoms with Gasteiger partial charge in [0.15, 0.2) is 6.54 Å². The second kappa shape index (κ2) is 13.3. The molecule has 244 valence electrons. The van der Waals surface area contributed by atoms with Crippen LogP contribution in [0.5, 0.6) is 0 Å². The van der Waals surface area contributed by atoms with Crippen LogP contribution < -0.4 is 14.4 Å². The maximum absolute atomic E-state index is 14.4. The average Bonchev–Trinajstić information content (AvgIpc) is 3.44. The van der Waals surface area contributed by atoms with Crippen LogP contribution in [-0.2, 0) is 16.7 Å². The summed E-state index contributed by atoms with van der Waals surface area (Å²) in [5.41, 5.74) is 4.32. The molecule has 2 heterocycles. The monoisotopic (exact) mass is 698 g/mol. The number of fused-ring (bicyclic) bond motifs is 2. The topological polar surface area (TPSA) is 77.9 Å². The lowest BCUT2D eigenvalue weighted by molar-refractivity contribution is -0.678. The molecule has 1 aliphatic heterocycles. The first-order chi connectivity index (χ1) is 21.6. The molecule has 0 radical (unpaired) electrons. The Labute approximate surface area is 273 Å². The minimum absolute atomic E-state index is 0.0832. The highest BCUT2D eigenvalue weighted by Crippen LogP contribution is 2.46. The second-order valence-electron chi connectivity index (χ2n) is 11.0. The molecule has 0 saturated heterocycles. The Hall–Kier alpha value is -3.58. The van der Waals surface area contributed by atoms with Crippen LogP contribution in [0, 0.1) is 0 Å². The molecular formula is C32H30Cl2F4N3O4S+. The van der Waals surface area contributed by atoms with Crippen molar-refractivity contribution in [1.29, 1.82) is 0 Å². The summed E-state index contributed by atoms with van der Waals surface area (Å²) in [7, 11) is -2.53. The molecule has 1 aliphatic rings. The minimum atomic E-state index is -4.33. The highest BCUT2D eigenvalue weighted by atomic mass is 35.5. The number of allylic oxidation sites excluding steroid dienone is 2. The Morgan fingerprint density at radius 2 is 1.70 bits per heavy atom. The Balaban J connectivity index is 1.57. The number of hydrogen-bond donors (Lipinski definition) is 1. The number of anilines is 2. The Bertz CT molecular complexity index is 1930. The molecule has 0 fully saturated rings. The Morgan fingerprint density at radius 1 is 1.02 bits per heavy atom. The predicted octanol–water partition coefficient (Wildman–Crippen LogP) is 8.46. The third-order valence-corrected chi connectivity index (χ3v) is 9.08. The van der Waals surface area contributed by atoms with Crippen LogP contribution in [-0.4, -0.2) is 44.7 Å². The highest BCUT2D eigenvalue weighted by Gasteiger charge is 2.45. The van der Waals surface area contributed by atoms with E-state index >= 15 is 0 Å². The molecule has 1 aromatic heterocycles. The predicted molar refractivity (Wildman–Crippen MR) is 172 cm³/mol. The standard InChI is InChI=1S/C32H29Cl2F4N3O4S/c1-20(14-29-39(2)25-17-23(33)24(34)18-26(25)41(29)19-32(37,38)31(35)36)15-30-40(12-6-7-13-46(42,43)44)27-16-22(10-11-28(27)45-30)21-8-4-3-5-9-21/h3-5,8-11,14-18,31H,6-7,12-13,19H2,1-2H3/p+1. The van der Waals surface area contributed by atoms with Crippen molar-refractivity contribution in [3.05, 3.63) is 94.1 Å². The molecule has 0 amide bonds. The van der Waals surface area contributed by atoms with Gasteiger partial charge < -0.3 is 14.2 Å². The van der Waals surface area contributed by atoms with Gasteiger partial charge in [0.05, 0.1) is 39.8 Å². The van der Waals surface area contributed by atoms with Crippen LogP contribution in [0.4, 0.5) is 28.9 Å². The van der Waals surface area contributed by atoms with Gasteiger partial charge in [0.2, 0.25) is 5.58 Å². The Kier molecular flexibility index (Phi) is 9.74. The van der Waals surface area contributed by atoms with Crippen molar-refractivity contribution >= 4 is 61.9 Å². The van der Waals surface area contributed by atoms with Gasteiger partial charge in [0, 0.05) is 19.5 Å².